The lowest BCUT2D eigenvalue weighted by molar-refractivity contribution is -0.123. The number of nitrogens with one attached hydrogen (secondary N) is 1. The molecule has 1 heterocycles. The molecule has 0 aromatic carbocycles. The standard InChI is InChI=1S/C10H14N4O4S/c1-5-8(10(17)18)9(19-13-5)14(2)7(16)4-12-6(15)3-11/h3-4,11H2,1-2H3,(H,12,15)(H,17,18). The molecule has 4 N–H and O–H groups in total. The zero-order chi connectivity index (χ0) is 14.6. The number of carboxylic acids is 1. The quantitative estimate of drug-likeness (QED) is 0.650. The summed E-state index contributed by atoms with van der Waals surface area (Å²) in [5, 5.41) is 11.6. The van der Waals surface area contributed by atoms with Gasteiger partial charge < -0.3 is 21.1 Å². The summed E-state index contributed by atoms with van der Waals surface area (Å²) in [6, 6.07) is 0. The van der Waals surface area contributed by atoms with Gasteiger partial charge in [0.05, 0.1) is 18.8 Å². The average molecular weight is 286 g/mol. The minimum Gasteiger partial charge on any atom is -0.478 e. The predicted octanol–water partition coefficient (Wildman–Crippen LogP) is -0.813. The third kappa shape index (κ3) is 3.48. The highest BCUT2D eigenvalue weighted by Crippen LogP contribution is 2.27. The van der Waals surface area contributed by atoms with Gasteiger partial charge in [0, 0.05) is 7.05 Å². The fourth-order valence-electron chi connectivity index (χ4n) is 1.31. The number of hydrogen-bond donors (Lipinski definition) is 3. The number of aromatic carboxylic acids is 1. The second-order valence-corrected chi connectivity index (χ2v) is 4.44. The zero-order valence-corrected chi connectivity index (χ0v) is 11.3. The van der Waals surface area contributed by atoms with Crippen molar-refractivity contribution in [3.63, 3.8) is 0 Å². The molecule has 1 rings (SSSR count). The Kier molecular flexibility index (Phi) is 4.95. The Morgan fingerprint density at radius 2 is 2.11 bits per heavy atom. The van der Waals surface area contributed by atoms with Crippen LogP contribution in [0.25, 0.3) is 0 Å². The monoisotopic (exact) mass is 286 g/mol. The lowest BCUT2D eigenvalue weighted by Crippen LogP contribution is -2.40. The molecule has 0 saturated heterocycles. The Morgan fingerprint density at radius 1 is 1.47 bits per heavy atom. The highest BCUT2D eigenvalue weighted by Gasteiger charge is 2.23. The van der Waals surface area contributed by atoms with Gasteiger partial charge in [-0.25, -0.2) is 4.79 Å². The van der Waals surface area contributed by atoms with Crippen LogP contribution in [0.2, 0.25) is 0 Å². The Balaban J connectivity index is 2.83. The predicted molar refractivity (Wildman–Crippen MR) is 69.3 cm³/mol. The summed E-state index contributed by atoms with van der Waals surface area (Å²) in [5.74, 6) is -2.06. The second-order valence-electron chi connectivity index (χ2n) is 3.69. The SMILES string of the molecule is Cc1nsc(N(C)C(=O)CNC(=O)CN)c1C(=O)O. The van der Waals surface area contributed by atoms with E-state index in [-0.39, 0.29) is 23.7 Å². The summed E-state index contributed by atoms with van der Waals surface area (Å²) in [4.78, 5) is 35.0. The summed E-state index contributed by atoms with van der Waals surface area (Å²) >= 11 is 0.918. The lowest BCUT2D eigenvalue weighted by Gasteiger charge is -2.16. The number of nitrogens with zero attached hydrogens (tertiary/aromatic N) is 2. The van der Waals surface area contributed by atoms with Crippen molar-refractivity contribution >= 4 is 34.3 Å². The van der Waals surface area contributed by atoms with E-state index in [1.807, 2.05) is 0 Å². The fourth-order valence-corrected chi connectivity index (χ4v) is 2.18. The average Bonchev–Trinajstić information content (AvgIpc) is 2.76. The van der Waals surface area contributed by atoms with Gasteiger partial charge in [-0.2, -0.15) is 4.37 Å². The summed E-state index contributed by atoms with van der Waals surface area (Å²) < 4.78 is 3.91. The molecule has 0 radical (unpaired) electrons. The van der Waals surface area contributed by atoms with E-state index in [4.69, 9.17) is 10.8 Å². The molecular weight excluding hydrogens is 272 g/mol. The number of nitrogens with two attached hydrogens (primary N) is 1. The van der Waals surface area contributed by atoms with E-state index in [0.29, 0.717) is 5.69 Å². The number of carbonyl (C=O) groups excluding carboxylic acids is 2. The van der Waals surface area contributed by atoms with E-state index in [0.717, 1.165) is 16.4 Å². The van der Waals surface area contributed by atoms with Crippen molar-refractivity contribution in [2.75, 3.05) is 25.0 Å². The molecule has 1 aromatic heterocycles. The maximum Gasteiger partial charge on any atom is 0.340 e. The van der Waals surface area contributed by atoms with E-state index in [9.17, 15) is 14.4 Å². The molecule has 0 bridgehead atoms. The highest BCUT2D eigenvalue weighted by atomic mass is 32.1. The number of carbonyl (C=O) groups is 3. The number of hydrogen-bond acceptors (Lipinski definition) is 6. The number of carboxylic acid groups (broad SMARTS) is 1. The molecule has 8 nitrogen and oxygen atoms in total. The summed E-state index contributed by atoms with van der Waals surface area (Å²) in [5.41, 5.74) is 5.43. The van der Waals surface area contributed by atoms with Crippen molar-refractivity contribution in [1.29, 1.82) is 0 Å². The van der Waals surface area contributed by atoms with Gasteiger partial charge in [0.1, 0.15) is 10.6 Å². The molecule has 19 heavy (non-hydrogen) atoms. The number of aryl methyl sites for hydroxylation is 1. The molecule has 0 atom stereocenters. The van der Waals surface area contributed by atoms with Crippen molar-refractivity contribution in [1.82, 2.24) is 9.69 Å². The van der Waals surface area contributed by atoms with Crippen molar-refractivity contribution in [2.45, 2.75) is 6.92 Å². The number of aromatic nitrogens is 1. The van der Waals surface area contributed by atoms with E-state index in [1.165, 1.54) is 7.05 Å². The minimum atomic E-state index is -1.15. The van der Waals surface area contributed by atoms with Crippen LogP contribution in [0.3, 0.4) is 0 Å². The molecular formula is C10H14N4O4S. The van der Waals surface area contributed by atoms with Crippen LogP contribution in [0.1, 0.15) is 16.1 Å². The largest absolute Gasteiger partial charge is 0.478 e. The topological polar surface area (TPSA) is 126 Å². The third-order valence-corrected chi connectivity index (χ3v) is 3.38. The third-order valence-electron chi connectivity index (χ3n) is 2.36. The number of amides is 2. The van der Waals surface area contributed by atoms with Crippen molar-refractivity contribution in [3.8, 4) is 0 Å². The molecule has 0 aliphatic rings. The maximum atomic E-state index is 11.8. The zero-order valence-electron chi connectivity index (χ0n) is 10.5. The van der Waals surface area contributed by atoms with Gasteiger partial charge in [-0.1, -0.05) is 0 Å². The first-order valence-corrected chi connectivity index (χ1v) is 6.08. The van der Waals surface area contributed by atoms with Crippen LogP contribution >= 0.6 is 11.5 Å². The van der Waals surface area contributed by atoms with Gasteiger partial charge >= 0.3 is 5.97 Å². The van der Waals surface area contributed by atoms with Gasteiger partial charge in [-0.15, -0.1) is 0 Å². The van der Waals surface area contributed by atoms with Crippen LogP contribution < -0.4 is 16.0 Å². The lowest BCUT2D eigenvalue weighted by atomic mass is 10.2. The van der Waals surface area contributed by atoms with Crippen molar-refractivity contribution < 1.29 is 19.5 Å². The molecule has 2 amide bonds. The molecule has 9 heteroatoms. The number of anilines is 1. The first-order valence-electron chi connectivity index (χ1n) is 5.31. The fraction of sp³-hybridized carbons (Fsp3) is 0.400. The number of rotatable bonds is 5. The van der Waals surface area contributed by atoms with Crippen LogP contribution in [-0.2, 0) is 9.59 Å². The van der Waals surface area contributed by atoms with Crippen LogP contribution in [0.5, 0.6) is 0 Å². The molecule has 0 aliphatic heterocycles. The van der Waals surface area contributed by atoms with Gasteiger partial charge in [0.15, 0.2) is 0 Å². The normalized spacial score (nSPS) is 10.1. The molecule has 104 valence electrons. The van der Waals surface area contributed by atoms with Crippen LogP contribution in [0, 0.1) is 6.92 Å². The minimum absolute atomic E-state index is 0.00833. The Morgan fingerprint density at radius 3 is 2.63 bits per heavy atom. The van der Waals surface area contributed by atoms with E-state index < -0.39 is 17.8 Å². The van der Waals surface area contributed by atoms with Gasteiger partial charge in [0.25, 0.3) is 0 Å². The Bertz CT molecular complexity index is 514. The summed E-state index contributed by atoms with van der Waals surface area (Å²) in [6.45, 7) is 1.09. The number of likely N-dealkylation sites (N-methyl/N-ethyl adjacent to an activating group) is 1. The van der Waals surface area contributed by atoms with Crippen LogP contribution in [-0.4, -0.2) is 47.4 Å². The van der Waals surface area contributed by atoms with E-state index in [1.54, 1.807) is 6.92 Å². The summed E-state index contributed by atoms with van der Waals surface area (Å²) in [7, 11) is 1.43. The van der Waals surface area contributed by atoms with Crippen molar-refractivity contribution in [3.05, 3.63) is 11.3 Å². The molecule has 0 saturated carbocycles. The summed E-state index contributed by atoms with van der Waals surface area (Å²) in [6.07, 6.45) is 0. The first-order chi connectivity index (χ1) is 8.88. The van der Waals surface area contributed by atoms with E-state index >= 15 is 0 Å². The first kappa shape index (κ1) is 15.1. The van der Waals surface area contributed by atoms with Crippen LogP contribution in [0.15, 0.2) is 0 Å². The van der Waals surface area contributed by atoms with Gasteiger partial charge in [-0.3, -0.25) is 9.59 Å². The van der Waals surface area contributed by atoms with Crippen LogP contribution in [0.4, 0.5) is 5.00 Å². The second kappa shape index (κ2) is 6.25. The Labute approximate surface area is 113 Å². The van der Waals surface area contributed by atoms with Gasteiger partial charge in [-0.05, 0) is 18.5 Å². The maximum absolute atomic E-state index is 11.8. The Hall–Kier alpha value is -2.00. The molecule has 0 unspecified atom stereocenters. The smallest absolute Gasteiger partial charge is 0.340 e. The van der Waals surface area contributed by atoms with Gasteiger partial charge in [0.2, 0.25) is 11.8 Å². The van der Waals surface area contributed by atoms with E-state index in [2.05, 4.69) is 9.69 Å². The molecule has 0 fully saturated rings. The highest BCUT2D eigenvalue weighted by molar-refractivity contribution is 7.11. The van der Waals surface area contributed by atoms with Crippen molar-refractivity contribution in [2.24, 2.45) is 5.73 Å². The molecule has 0 spiro atoms. The molecule has 0 aliphatic carbocycles. The molecule has 1 aromatic rings.